The molecule has 1 aromatic carbocycles. The van der Waals surface area contributed by atoms with Crippen LogP contribution in [0.25, 0.3) is 0 Å². The second-order valence-electron chi connectivity index (χ2n) is 6.44. The summed E-state index contributed by atoms with van der Waals surface area (Å²) in [4.78, 5) is 13.7. The van der Waals surface area contributed by atoms with E-state index in [4.69, 9.17) is 0 Å². The first-order valence-electron chi connectivity index (χ1n) is 8.45. The lowest BCUT2D eigenvalue weighted by molar-refractivity contribution is -0.386. The number of nitro benzene ring substituents is 1. The van der Waals surface area contributed by atoms with Gasteiger partial charge in [-0.15, -0.1) is 0 Å². The summed E-state index contributed by atoms with van der Waals surface area (Å²) < 4.78 is 0. The summed E-state index contributed by atoms with van der Waals surface area (Å²) in [5.74, 6) is 0.549. The molecular formula is C17H25N3O2. The van der Waals surface area contributed by atoms with E-state index in [0.29, 0.717) is 5.92 Å². The van der Waals surface area contributed by atoms with Crippen LogP contribution in [0.2, 0.25) is 0 Å². The van der Waals surface area contributed by atoms with Crippen molar-refractivity contribution in [2.24, 2.45) is 5.92 Å². The van der Waals surface area contributed by atoms with Crippen LogP contribution < -0.4 is 5.32 Å². The molecule has 0 radical (unpaired) electrons. The molecule has 1 saturated carbocycles. The Morgan fingerprint density at radius 2 is 1.82 bits per heavy atom. The SMILES string of the molecule is O=[N+]([O-])c1ccccc1[C@H](C1CCCCC1)N1CCNCC1. The van der Waals surface area contributed by atoms with Gasteiger partial charge >= 0.3 is 0 Å². The first-order valence-corrected chi connectivity index (χ1v) is 8.45. The molecule has 1 aromatic rings. The highest BCUT2D eigenvalue weighted by Crippen LogP contribution is 2.41. The van der Waals surface area contributed by atoms with E-state index in [1.54, 1.807) is 12.1 Å². The molecule has 0 amide bonds. The largest absolute Gasteiger partial charge is 0.314 e. The number of para-hydroxylation sites is 1. The molecule has 1 N–H and O–H groups in total. The molecule has 2 aliphatic rings. The summed E-state index contributed by atoms with van der Waals surface area (Å²) in [5, 5.41) is 14.9. The fraction of sp³-hybridized carbons (Fsp3) is 0.647. The maximum absolute atomic E-state index is 11.5. The Bertz CT molecular complexity index is 490. The van der Waals surface area contributed by atoms with Crippen LogP contribution >= 0.6 is 0 Å². The zero-order valence-electron chi connectivity index (χ0n) is 13.0. The van der Waals surface area contributed by atoms with Crippen molar-refractivity contribution in [3.8, 4) is 0 Å². The van der Waals surface area contributed by atoms with Crippen LogP contribution in [-0.4, -0.2) is 36.0 Å². The van der Waals surface area contributed by atoms with Gasteiger partial charge in [0.2, 0.25) is 0 Å². The predicted molar refractivity (Wildman–Crippen MR) is 86.9 cm³/mol. The van der Waals surface area contributed by atoms with Crippen LogP contribution in [0.15, 0.2) is 24.3 Å². The van der Waals surface area contributed by atoms with E-state index in [2.05, 4.69) is 10.2 Å². The highest BCUT2D eigenvalue weighted by molar-refractivity contribution is 5.42. The highest BCUT2D eigenvalue weighted by Gasteiger charge is 2.34. The van der Waals surface area contributed by atoms with Crippen LogP contribution in [0.5, 0.6) is 0 Å². The van der Waals surface area contributed by atoms with E-state index in [1.165, 1.54) is 32.1 Å². The van der Waals surface area contributed by atoms with E-state index >= 15 is 0 Å². The minimum Gasteiger partial charge on any atom is -0.314 e. The van der Waals surface area contributed by atoms with Gasteiger partial charge in [-0.1, -0.05) is 37.5 Å². The average Bonchev–Trinajstić information content (AvgIpc) is 2.57. The first kappa shape index (κ1) is 15.4. The Hall–Kier alpha value is -1.46. The molecule has 5 nitrogen and oxygen atoms in total. The molecule has 0 bridgehead atoms. The van der Waals surface area contributed by atoms with Gasteiger partial charge in [0.1, 0.15) is 0 Å². The third kappa shape index (κ3) is 3.31. The molecule has 1 atom stereocenters. The predicted octanol–water partition coefficient (Wildman–Crippen LogP) is 3.12. The van der Waals surface area contributed by atoms with Crippen molar-refractivity contribution in [3.63, 3.8) is 0 Å². The van der Waals surface area contributed by atoms with Crippen LogP contribution in [-0.2, 0) is 0 Å². The average molecular weight is 303 g/mol. The molecule has 1 saturated heterocycles. The third-order valence-corrected chi connectivity index (χ3v) is 5.09. The zero-order valence-corrected chi connectivity index (χ0v) is 13.0. The molecule has 120 valence electrons. The summed E-state index contributed by atoms with van der Waals surface area (Å²) in [6.45, 7) is 3.91. The molecule has 0 aromatic heterocycles. The summed E-state index contributed by atoms with van der Waals surface area (Å²) in [5.41, 5.74) is 1.21. The molecule has 5 heteroatoms. The van der Waals surface area contributed by atoms with Gasteiger partial charge in [-0.2, -0.15) is 0 Å². The molecule has 1 aliphatic heterocycles. The van der Waals surface area contributed by atoms with E-state index in [0.717, 1.165) is 31.7 Å². The van der Waals surface area contributed by atoms with Crippen molar-refractivity contribution in [1.82, 2.24) is 10.2 Å². The Balaban J connectivity index is 1.95. The zero-order chi connectivity index (χ0) is 15.4. The lowest BCUT2D eigenvalue weighted by Gasteiger charge is -2.40. The summed E-state index contributed by atoms with van der Waals surface area (Å²) >= 11 is 0. The Kier molecular flexibility index (Phi) is 5.05. The third-order valence-electron chi connectivity index (χ3n) is 5.09. The van der Waals surface area contributed by atoms with Gasteiger partial charge in [0.15, 0.2) is 0 Å². The molecule has 1 heterocycles. The molecule has 0 unspecified atom stereocenters. The number of nitrogens with one attached hydrogen (secondary N) is 1. The van der Waals surface area contributed by atoms with Crippen molar-refractivity contribution in [1.29, 1.82) is 0 Å². The molecule has 22 heavy (non-hydrogen) atoms. The van der Waals surface area contributed by atoms with Gasteiger partial charge in [-0.3, -0.25) is 15.0 Å². The Morgan fingerprint density at radius 3 is 2.50 bits per heavy atom. The number of hydrogen-bond donors (Lipinski definition) is 1. The summed E-state index contributed by atoms with van der Waals surface area (Å²) in [6.07, 6.45) is 6.21. The van der Waals surface area contributed by atoms with Crippen molar-refractivity contribution in [2.75, 3.05) is 26.2 Å². The molecule has 2 fully saturated rings. The maximum Gasteiger partial charge on any atom is 0.274 e. The van der Waals surface area contributed by atoms with Gasteiger partial charge in [0.25, 0.3) is 5.69 Å². The fourth-order valence-corrected chi connectivity index (χ4v) is 4.06. The highest BCUT2D eigenvalue weighted by atomic mass is 16.6. The topological polar surface area (TPSA) is 58.4 Å². The lowest BCUT2D eigenvalue weighted by Crippen LogP contribution is -2.47. The molecule has 1 aliphatic carbocycles. The number of nitro groups is 1. The first-order chi connectivity index (χ1) is 10.8. The van der Waals surface area contributed by atoms with Crippen LogP contribution in [0, 0.1) is 16.0 Å². The van der Waals surface area contributed by atoms with Crippen molar-refractivity contribution in [2.45, 2.75) is 38.1 Å². The molecular weight excluding hydrogens is 278 g/mol. The van der Waals surface area contributed by atoms with Gasteiger partial charge in [-0.25, -0.2) is 0 Å². The van der Waals surface area contributed by atoms with Crippen LogP contribution in [0.3, 0.4) is 0 Å². The van der Waals surface area contributed by atoms with Gasteiger partial charge in [-0.05, 0) is 18.8 Å². The van der Waals surface area contributed by atoms with E-state index in [-0.39, 0.29) is 16.7 Å². The normalized spacial score (nSPS) is 22.4. The smallest absolute Gasteiger partial charge is 0.274 e. The second-order valence-corrected chi connectivity index (χ2v) is 6.44. The number of piperazine rings is 1. The number of hydrogen-bond acceptors (Lipinski definition) is 4. The van der Waals surface area contributed by atoms with Gasteiger partial charge in [0, 0.05) is 43.9 Å². The monoisotopic (exact) mass is 303 g/mol. The maximum atomic E-state index is 11.5. The molecule has 0 spiro atoms. The number of benzene rings is 1. The number of nitrogens with zero attached hydrogens (tertiary/aromatic N) is 2. The van der Waals surface area contributed by atoms with Crippen LogP contribution in [0.1, 0.15) is 43.7 Å². The van der Waals surface area contributed by atoms with E-state index < -0.39 is 0 Å². The lowest BCUT2D eigenvalue weighted by atomic mass is 9.79. The van der Waals surface area contributed by atoms with Crippen LogP contribution in [0.4, 0.5) is 5.69 Å². The Labute approximate surface area is 131 Å². The minimum atomic E-state index is -0.215. The van der Waals surface area contributed by atoms with E-state index in [9.17, 15) is 10.1 Å². The van der Waals surface area contributed by atoms with Gasteiger partial charge in [0.05, 0.1) is 4.92 Å². The summed E-state index contributed by atoms with van der Waals surface area (Å²) in [7, 11) is 0. The molecule has 3 rings (SSSR count). The number of rotatable bonds is 4. The minimum absolute atomic E-state index is 0.198. The standard InChI is InChI=1S/C17H25N3O2/c21-20(22)16-9-5-4-8-15(16)17(14-6-2-1-3-7-14)19-12-10-18-11-13-19/h4-5,8-9,14,17-18H,1-3,6-7,10-13H2/t17-/m0/s1. The van der Waals surface area contributed by atoms with Crippen molar-refractivity contribution >= 4 is 5.69 Å². The van der Waals surface area contributed by atoms with Gasteiger partial charge < -0.3 is 5.32 Å². The Morgan fingerprint density at radius 1 is 1.14 bits per heavy atom. The van der Waals surface area contributed by atoms with Crippen molar-refractivity contribution in [3.05, 3.63) is 39.9 Å². The van der Waals surface area contributed by atoms with Crippen molar-refractivity contribution < 1.29 is 4.92 Å². The summed E-state index contributed by atoms with van der Waals surface area (Å²) in [6, 6.07) is 7.55. The quantitative estimate of drug-likeness (QED) is 0.686. The van der Waals surface area contributed by atoms with E-state index in [1.807, 2.05) is 12.1 Å². The fourth-order valence-electron chi connectivity index (χ4n) is 4.06. The second kappa shape index (κ2) is 7.20.